The molecule has 3 N–H and O–H groups in total. The molecule has 0 spiro atoms. The summed E-state index contributed by atoms with van der Waals surface area (Å²) in [7, 11) is 4.08. The molecule has 0 aromatic heterocycles. The maximum absolute atomic E-state index is 11.9. The summed E-state index contributed by atoms with van der Waals surface area (Å²) in [4.78, 5) is 14.0. The number of carbonyl (C=O) groups is 1. The molecule has 0 heterocycles. The molecular weight excluding hydrogens is 278 g/mol. The molecule has 1 aromatic carbocycles. The smallest absolute Gasteiger partial charge is 0.315 e. The SMILES string of the molecule is CC(C)C(CCO)NC(=O)NCc1ccc(CN(C)C)cc1. The quantitative estimate of drug-likeness (QED) is 0.688. The van der Waals surface area contributed by atoms with E-state index in [-0.39, 0.29) is 18.7 Å². The number of amides is 2. The average molecular weight is 307 g/mol. The Labute approximate surface area is 133 Å². The molecule has 124 valence electrons. The lowest BCUT2D eigenvalue weighted by Crippen LogP contribution is -2.44. The fraction of sp³-hybridized carbons (Fsp3) is 0.588. The molecule has 0 saturated heterocycles. The van der Waals surface area contributed by atoms with Crippen LogP contribution < -0.4 is 10.6 Å². The van der Waals surface area contributed by atoms with E-state index >= 15 is 0 Å². The van der Waals surface area contributed by atoms with E-state index in [1.165, 1.54) is 5.56 Å². The minimum atomic E-state index is -0.190. The fourth-order valence-electron chi connectivity index (χ4n) is 2.24. The van der Waals surface area contributed by atoms with E-state index < -0.39 is 0 Å². The van der Waals surface area contributed by atoms with E-state index in [1.807, 2.05) is 40.1 Å². The normalized spacial score (nSPS) is 12.5. The highest BCUT2D eigenvalue weighted by atomic mass is 16.3. The lowest BCUT2D eigenvalue weighted by Gasteiger charge is -2.21. The summed E-state index contributed by atoms with van der Waals surface area (Å²) in [5.41, 5.74) is 2.32. The Kier molecular flexibility index (Phi) is 7.91. The van der Waals surface area contributed by atoms with Gasteiger partial charge in [-0.2, -0.15) is 0 Å². The Bertz CT molecular complexity index is 444. The van der Waals surface area contributed by atoms with Gasteiger partial charge in [0.25, 0.3) is 0 Å². The molecule has 0 radical (unpaired) electrons. The van der Waals surface area contributed by atoms with Crippen LogP contribution in [0.1, 0.15) is 31.4 Å². The lowest BCUT2D eigenvalue weighted by atomic mass is 10.0. The van der Waals surface area contributed by atoms with Crippen molar-refractivity contribution in [3.63, 3.8) is 0 Å². The molecule has 5 heteroatoms. The molecule has 1 aromatic rings. The molecule has 0 aliphatic carbocycles. The maximum Gasteiger partial charge on any atom is 0.315 e. The Balaban J connectivity index is 2.43. The van der Waals surface area contributed by atoms with E-state index in [2.05, 4.69) is 27.7 Å². The third-order valence-electron chi connectivity index (χ3n) is 3.54. The van der Waals surface area contributed by atoms with Crippen molar-refractivity contribution in [3.05, 3.63) is 35.4 Å². The molecule has 1 rings (SSSR count). The standard InChI is InChI=1S/C17H29N3O2/c1-13(2)16(9-10-21)19-17(22)18-11-14-5-7-15(8-6-14)12-20(3)4/h5-8,13,16,21H,9-12H2,1-4H3,(H2,18,19,22). The summed E-state index contributed by atoms with van der Waals surface area (Å²) >= 11 is 0. The minimum absolute atomic E-state index is 0.00697. The first-order valence-corrected chi connectivity index (χ1v) is 7.80. The average Bonchev–Trinajstić information content (AvgIpc) is 2.45. The number of aliphatic hydroxyl groups excluding tert-OH is 1. The predicted molar refractivity (Wildman–Crippen MR) is 89.5 cm³/mol. The van der Waals surface area contributed by atoms with Crippen LogP contribution in [-0.2, 0) is 13.1 Å². The Hall–Kier alpha value is -1.59. The zero-order chi connectivity index (χ0) is 16.5. The summed E-state index contributed by atoms with van der Waals surface area (Å²) in [5, 5.41) is 14.8. The first kappa shape index (κ1) is 18.5. The van der Waals surface area contributed by atoms with E-state index in [0.717, 1.165) is 12.1 Å². The van der Waals surface area contributed by atoms with E-state index in [4.69, 9.17) is 5.11 Å². The Morgan fingerprint density at radius 2 is 1.77 bits per heavy atom. The topological polar surface area (TPSA) is 64.6 Å². The third-order valence-corrected chi connectivity index (χ3v) is 3.54. The van der Waals surface area contributed by atoms with Gasteiger partial charge in [-0.25, -0.2) is 4.79 Å². The van der Waals surface area contributed by atoms with Gasteiger partial charge in [0, 0.05) is 25.7 Å². The molecule has 1 atom stereocenters. The van der Waals surface area contributed by atoms with Gasteiger partial charge in [-0.15, -0.1) is 0 Å². The predicted octanol–water partition coefficient (Wildman–Crippen LogP) is 1.95. The van der Waals surface area contributed by atoms with Crippen molar-refractivity contribution in [2.24, 2.45) is 5.92 Å². The Morgan fingerprint density at radius 3 is 2.27 bits per heavy atom. The van der Waals surface area contributed by atoms with Crippen LogP contribution in [0.15, 0.2) is 24.3 Å². The van der Waals surface area contributed by atoms with Crippen LogP contribution in [0.5, 0.6) is 0 Å². The van der Waals surface area contributed by atoms with Gasteiger partial charge in [0.15, 0.2) is 0 Å². The van der Waals surface area contributed by atoms with E-state index in [0.29, 0.717) is 18.9 Å². The van der Waals surface area contributed by atoms with Crippen LogP contribution in [0.25, 0.3) is 0 Å². The van der Waals surface area contributed by atoms with Gasteiger partial charge >= 0.3 is 6.03 Å². The van der Waals surface area contributed by atoms with Gasteiger partial charge < -0.3 is 20.6 Å². The van der Waals surface area contributed by atoms with Crippen LogP contribution in [0.2, 0.25) is 0 Å². The number of benzene rings is 1. The van der Waals surface area contributed by atoms with Gasteiger partial charge in [-0.3, -0.25) is 0 Å². The second-order valence-corrected chi connectivity index (χ2v) is 6.24. The summed E-state index contributed by atoms with van der Waals surface area (Å²) in [6.45, 7) is 5.55. The molecule has 0 fully saturated rings. The van der Waals surface area contributed by atoms with Crippen LogP contribution in [0.3, 0.4) is 0 Å². The van der Waals surface area contributed by atoms with E-state index in [1.54, 1.807) is 0 Å². The monoisotopic (exact) mass is 307 g/mol. The van der Waals surface area contributed by atoms with Crippen molar-refractivity contribution in [2.75, 3.05) is 20.7 Å². The summed E-state index contributed by atoms with van der Waals surface area (Å²) < 4.78 is 0. The van der Waals surface area contributed by atoms with Gasteiger partial charge in [0.05, 0.1) is 0 Å². The van der Waals surface area contributed by atoms with Crippen molar-refractivity contribution in [2.45, 2.75) is 39.4 Å². The third kappa shape index (κ3) is 6.91. The Morgan fingerprint density at radius 1 is 1.18 bits per heavy atom. The molecule has 2 amide bonds. The van der Waals surface area contributed by atoms with Crippen LogP contribution in [-0.4, -0.2) is 42.8 Å². The van der Waals surface area contributed by atoms with Crippen LogP contribution in [0, 0.1) is 5.92 Å². The zero-order valence-electron chi connectivity index (χ0n) is 14.1. The first-order chi connectivity index (χ1) is 10.4. The highest BCUT2D eigenvalue weighted by molar-refractivity contribution is 5.74. The second kappa shape index (κ2) is 9.43. The van der Waals surface area contributed by atoms with Gasteiger partial charge in [-0.05, 0) is 37.6 Å². The minimum Gasteiger partial charge on any atom is -0.396 e. The molecule has 5 nitrogen and oxygen atoms in total. The molecule has 1 unspecified atom stereocenters. The van der Waals surface area contributed by atoms with Crippen molar-refractivity contribution < 1.29 is 9.90 Å². The number of aliphatic hydroxyl groups is 1. The number of nitrogens with zero attached hydrogens (tertiary/aromatic N) is 1. The van der Waals surface area contributed by atoms with Crippen molar-refractivity contribution >= 4 is 6.03 Å². The highest BCUT2D eigenvalue weighted by Gasteiger charge is 2.15. The molecule has 0 aliphatic rings. The van der Waals surface area contributed by atoms with Gasteiger partial charge in [0.1, 0.15) is 0 Å². The highest BCUT2D eigenvalue weighted by Crippen LogP contribution is 2.07. The number of urea groups is 1. The lowest BCUT2D eigenvalue weighted by molar-refractivity contribution is 0.218. The number of rotatable bonds is 8. The largest absolute Gasteiger partial charge is 0.396 e. The first-order valence-electron chi connectivity index (χ1n) is 7.80. The van der Waals surface area contributed by atoms with Crippen molar-refractivity contribution in [1.82, 2.24) is 15.5 Å². The number of hydrogen-bond acceptors (Lipinski definition) is 3. The van der Waals surface area contributed by atoms with Gasteiger partial charge in [-0.1, -0.05) is 38.1 Å². The fourth-order valence-corrected chi connectivity index (χ4v) is 2.24. The van der Waals surface area contributed by atoms with E-state index in [9.17, 15) is 4.79 Å². The molecule has 22 heavy (non-hydrogen) atoms. The van der Waals surface area contributed by atoms with Crippen LogP contribution in [0.4, 0.5) is 4.79 Å². The second-order valence-electron chi connectivity index (χ2n) is 6.24. The van der Waals surface area contributed by atoms with Crippen molar-refractivity contribution in [1.29, 1.82) is 0 Å². The van der Waals surface area contributed by atoms with Crippen LogP contribution >= 0.6 is 0 Å². The maximum atomic E-state index is 11.9. The summed E-state index contributed by atoms with van der Waals surface area (Å²) in [6.07, 6.45) is 0.574. The number of hydrogen-bond donors (Lipinski definition) is 3. The van der Waals surface area contributed by atoms with Crippen molar-refractivity contribution in [3.8, 4) is 0 Å². The summed E-state index contributed by atoms with van der Waals surface area (Å²) in [6, 6.07) is 8.03. The van der Waals surface area contributed by atoms with Gasteiger partial charge in [0.2, 0.25) is 0 Å². The molecular formula is C17H29N3O2. The molecule has 0 bridgehead atoms. The number of nitrogens with one attached hydrogen (secondary N) is 2. The zero-order valence-corrected chi connectivity index (χ0v) is 14.1. The molecule has 0 saturated carbocycles. The number of carbonyl (C=O) groups excluding carboxylic acids is 1. The molecule has 0 aliphatic heterocycles. The summed E-state index contributed by atoms with van der Waals surface area (Å²) in [5.74, 6) is 0.295.